The molecule has 0 bridgehead atoms. The highest BCUT2D eigenvalue weighted by atomic mass is 32.1. The van der Waals surface area contributed by atoms with Gasteiger partial charge in [-0.15, -0.1) is 11.3 Å². The van der Waals surface area contributed by atoms with Crippen LogP contribution in [-0.4, -0.2) is 64.9 Å². The van der Waals surface area contributed by atoms with Gasteiger partial charge in [0.25, 0.3) is 11.8 Å². The lowest BCUT2D eigenvalue weighted by Crippen LogP contribution is -2.50. The van der Waals surface area contributed by atoms with Crippen molar-refractivity contribution in [2.24, 2.45) is 0 Å². The summed E-state index contributed by atoms with van der Waals surface area (Å²) >= 11 is 1.26. The zero-order valence-electron chi connectivity index (χ0n) is 14.5. The Morgan fingerprint density at radius 3 is 2.50 bits per heavy atom. The lowest BCUT2D eigenvalue weighted by molar-refractivity contribution is 0.0590. The van der Waals surface area contributed by atoms with E-state index >= 15 is 0 Å². The second-order valence-electron chi connectivity index (χ2n) is 6.91. The van der Waals surface area contributed by atoms with Gasteiger partial charge in [0.15, 0.2) is 5.01 Å². The van der Waals surface area contributed by atoms with Gasteiger partial charge in [-0.1, -0.05) is 12.8 Å². The molecule has 3 rings (SSSR count). The van der Waals surface area contributed by atoms with Gasteiger partial charge < -0.3 is 10.2 Å². The molecule has 2 heterocycles. The van der Waals surface area contributed by atoms with Crippen LogP contribution in [0, 0.1) is 0 Å². The molecule has 2 amide bonds. The van der Waals surface area contributed by atoms with E-state index in [9.17, 15) is 9.59 Å². The molecule has 1 saturated carbocycles. The molecule has 132 valence electrons. The normalized spacial score (nSPS) is 19.9. The Labute approximate surface area is 147 Å². The van der Waals surface area contributed by atoms with Crippen molar-refractivity contribution >= 4 is 23.2 Å². The SMILES string of the molecule is CC(C)N1CCN(C(=O)c2csc(C(=O)NC3CCCC3)n2)CC1. The first-order valence-electron chi connectivity index (χ1n) is 8.84. The van der Waals surface area contributed by atoms with Crippen LogP contribution in [0.5, 0.6) is 0 Å². The third kappa shape index (κ3) is 3.95. The van der Waals surface area contributed by atoms with Crippen molar-refractivity contribution in [3.8, 4) is 0 Å². The molecule has 1 aromatic heterocycles. The Morgan fingerprint density at radius 1 is 1.21 bits per heavy atom. The van der Waals surface area contributed by atoms with Gasteiger partial charge in [-0.25, -0.2) is 4.98 Å². The smallest absolute Gasteiger partial charge is 0.280 e. The largest absolute Gasteiger partial charge is 0.347 e. The first-order valence-corrected chi connectivity index (χ1v) is 9.72. The fraction of sp³-hybridized carbons (Fsp3) is 0.706. The van der Waals surface area contributed by atoms with Gasteiger partial charge in [-0.3, -0.25) is 14.5 Å². The number of hydrogen-bond acceptors (Lipinski definition) is 5. The first kappa shape index (κ1) is 17.4. The van der Waals surface area contributed by atoms with E-state index in [0.717, 1.165) is 39.0 Å². The second-order valence-corrected chi connectivity index (χ2v) is 7.77. The molecule has 6 nitrogen and oxygen atoms in total. The van der Waals surface area contributed by atoms with Crippen molar-refractivity contribution in [2.75, 3.05) is 26.2 Å². The summed E-state index contributed by atoms with van der Waals surface area (Å²) in [5.74, 6) is -0.204. The van der Waals surface area contributed by atoms with Crippen LogP contribution in [0.1, 0.15) is 59.8 Å². The summed E-state index contributed by atoms with van der Waals surface area (Å²) in [5, 5.41) is 5.13. The van der Waals surface area contributed by atoms with Crippen LogP contribution in [0.25, 0.3) is 0 Å². The van der Waals surface area contributed by atoms with Gasteiger partial charge in [-0.05, 0) is 26.7 Å². The van der Waals surface area contributed by atoms with Crippen LogP contribution in [0.3, 0.4) is 0 Å². The van der Waals surface area contributed by atoms with E-state index < -0.39 is 0 Å². The van der Waals surface area contributed by atoms with Gasteiger partial charge >= 0.3 is 0 Å². The summed E-state index contributed by atoms with van der Waals surface area (Å²) in [5.41, 5.74) is 0.398. The molecule has 2 aliphatic rings. The molecule has 1 N–H and O–H groups in total. The third-order valence-corrected chi connectivity index (χ3v) is 5.78. The van der Waals surface area contributed by atoms with Gasteiger partial charge in [0.2, 0.25) is 0 Å². The molecule has 0 atom stereocenters. The number of amides is 2. The molecule has 1 aliphatic heterocycles. The number of aromatic nitrogens is 1. The van der Waals surface area contributed by atoms with E-state index in [1.165, 1.54) is 24.2 Å². The van der Waals surface area contributed by atoms with E-state index in [1.54, 1.807) is 5.38 Å². The van der Waals surface area contributed by atoms with Crippen molar-refractivity contribution in [1.82, 2.24) is 20.1 Å². The van der Waals surface area contributed by atoms with Crippen molar-refractivity contribution in [3.63, 3.8) is 0 Å². The molecule has 7 heteroatoms. The molecule has 0 unspecified atom stereocenters. The summed E-state index contributed by atoms with van der Waals surface area (Å²) in [6.07, 6.45) is 4.44. The maximum atomic E-state index is 12.6. The predicted molar refractivity (Wildman–Crippen MR) is 94.4 cm³/mol. The van der Waals surface area contributed by atoms with Crippen LogP contribution in [0.15, 0.2) is 5.38 Å². The van der Waals surface area contributed by atoms with Crippen molar-refractivity contribution in [1.29, 1.82) is 0 Å². The third-order valence-electron chi connectivity index (χ3n) is 4.94. The van der Waals surface area contributed by atoms with Crippen LogP contribution >= 0.6 is 11.3 Å². The minimum absolute atomic E-state index is 0.0606. The standard InChI is InChI=1S/C17H26N4O2S/c1-12(2)20-7-9-21(10-8-20)17(23)14-11-24-16(19-14)15(22)18-13-5-3-4-6-13/h11-13H,3-10H2,1-2H3,(H,18,22). The fourth-order valence-corrected chi connectivity index (χ4v) is 4.09. The Morgan fingerprint density at radius 2 is 1.88 bits per heavy atom. The van der Waals surface area contributed by atoms with Gasteiger partial charge in [0, 0.05) is 43.6 Å². The van der Waals surface area contributed by atoms with Crippen molar-refractivity contribution in [3.05, 3.63) is 16.1 Å². The number of hydrogen-bond donors (Lipinski definition) is 1. The highest BCUT2D eigenvalue weighted by Gasteiger charge is 2.26. The molecular formula is C17H26N4O2S. The first-order chi connectivity index (χ1) is 11.5. The molecule has 0 spiro atoms. The van der Waals surface area contributed by atoms with E-state index in [0.29, 0.717) is 16.7 Å². The highest BCUT2D eigenvalue weighted by Crippen LogP contribution is 2.19. The van der Waals surface area contributed by atoms with E-state index in [-0.39, 0.29) is 17.9 Å². The number of piperazine rings is 1. The minimum Gasteiger partial charge on any atom is -0.347 e. The zero-order chi connectivity index (χ0) is 17.1. The van der Waals surface area contributed by atoms with Crippen molar-refractivity contribution < 1.29 is 9.59 Å². The van der Waals surface area contributed by atoms with Crippen LogP contribution in [0.2, 0.25) is 0 Å². The molecule has 1 saturated heterocycles. The molecule has 1 aromatic rings. The lowest BCUT2D eigenvalue weighted by atomic mass is 10.2. The molecule has 2 fully saturated rings. The molecule has 0 aromatic carbocycles. The quantitative estimate of drug-likeness (QED) is 0.902. The summed E-state index contributed by atoms with van der Waals surface area (Å²) in [7, 11) is 0. The predicted octanol–water partition coefficient (Wildman–Crippen LogP) is 1.98. The monoisotopic (exact) mass is 350 g/mol. The van der Waals surface area contributed by atoms with E-state index in [1.807, 2.05) is 4.90 Å². The maximum absolute atomic E-state index is 12.6. The van der Waals surface area contributed by atoms with Crippen LogP contribution < -0.4 is 5.32 Å². The van der Waals surface area contributed by atoms with Crippen LogP contribution in [0.4, 0.5) is 0 Å². The number of nitrogens with one attached hydrogen (secondary N) is 1. The zero-order valence-corrected chi connectivity index (χ0v) is 15.3. The number of carbonyl (C=O) groups is 2. The minimum atomic E-state index is -0.143. The number of thiazole rings is 1. The average Bonchev–Trinajstić information content (AvgIpc) is 3.25. The average molecular weight is 350 g/mol. The van der Waals surface area contributed by atoms with E-state index in [2.05, 4.69) is 29.0 Å². The summed E-state index contributed by atoms with van der Waals surface area (Å²) < 4.78 is 0. The maximum Gasteiger partial charge on any atom is 0.280 e. The topological polar surface area (TPSA) is 65.5 Å². The van der Waals surface area contributed by atoms with Gasteiger partial charge in [0.1, 0.15) is 5.69 Å². The lowest BCUT2D eigenvalue weighted by Gasteiger charge is -2.36. The summed E-state index contributed by atoms with van der Waals surface area (Å²) in [6.45, 7) is 7.57. The molecule has 24 heavy (non-hydrogen) atoms. The fourth-order valence-electron chi connectivity index (χ4n) is 3.40. The van der Waals surface area contributed by atoms with Crippen molar-refractivity contribution in [2.45, 2.75) is 51.6 Å². The van der Waals surface area contributed by atoms with Gasteiger partial charge in [0.05, 0.1) is 0 Å². The Hall–Kier alpha value is -1.47. The second kappa shape index (κ2) is 7.61. The molecule has 1 aliphatic carbocycles. The Bertz CT molecular complexity index is 587. The molecular weight excluding hydrogens is 324 g/mol. The van der Waals surface area contributed by atoms with Crippen LogP contribution in [-0.2, 0) is 0 Å². The molecule has 0 radical (unpaired) electrons. The number of nitrogens with zero attached hydrogens (tertiary/aromatic N) is 3. The van der Waals surface area contributed by atoms with E-state index in [4.69, 9.17) is 0 Å². The Kier molecular flexibility index (Phi) is 5.50. The van der Waals surface area contributed by atoms with Gasteiger partial charge in [-0.2, -0.15) is 0 Å². The summed E-state index contributed by atoms with van der Waals surface area (Å²) in [6, 6.07) is 0.775. The number of rotatable bonds is 4. The highest BCUT2D eigenvalue weighted by molar-refractivity contribution is 7.11. The summed E-state index contributed by atoms with van der Waals surface area (Å²) in [4.78, 5) is 33.3. The number of carbonyl (C=O) groups excluding carboxylic acids is 2. The Balaban J connectivity index is 1.56.